The standard InChI is InChI=1S/C13H20N2O2/c1-9-3-4-11(10(2)7-9)13(15-14)12-8-16-5-6-17-12/h3-4,7,12-13,15H,5-6,8,14H2,1-2H3. The zero-order valence-corrected chi connectivity index (χ0v) is 10.4. The van der Waals surface area contributed by atoms with E-state index in [2.05, 4.69) is 37.5 Å². The van der Waals surface area contributed by atoms with Crippen LogP contribution < -0.4 is 11.3 Å². The molecule has 2 rings (SSSR count). The number of hydrazine groups is 1. The Labute approximate surface area is 102 Å². The molecular weight excluding hydrogens is 216 g/mol. The third-order valence-electron chi connectivity index (χ3n) is 3.15. The second kappa shape index (κ2) is 5.60. The van der Waals surface area contributed by atoms with Gasteiger partial charge in [-0.3, -0.25) is 11.3 Å². The van der Waals surface area contributed by atoms with E-state index in [1.54, 1.807) is 0 Å². The Balaban J connectivity index is 2.21. The quantitative estimate of drug-likeness (QED) is 0.612. The highest BCUT2D eigenvalue weighted by molar-refractivity contribution is 5.33. The molecule has 4 nitrogen and oxygen atoms in total. The zero-order chi connectivity index (χ0) is 12.3. The van der Waals surface area contributed by atoms with E-state index >= 15 is 0 Å². The van der Waals surface area contributed by atoms with Gasteiger partial charge >= 0.3 is 0 Å². The first-order valence-corrected chi connectivity index (χ1v) is 5.95. The zero-order valence-electron chi connectivity index (χ0n) is 10.4. The minimum Gasteiger partial charge on any atom is -0.376 e. The van der Waals surface area contributed by atoms with E-state index in [-0.39, 0.29) is 12.1 Å². The van der Waals surface area contributed by atoms with Crippen molar-refractivity contribution in [1.82, 2.24) is 5.43 Å². The maximum atomic E-state index is 5.70. The molecule has 0 amide bonds. The van der Waals surface area contributed by atoms with Crippen molar-refractivity contribution >= 4 is 0 Å². The van der Waals surface area contributed by atoms with Gasteiger partial charge in [0.25, 0.3) is 0 Å². The molecule has 0 aromatic heterocycles. The van der Waals surface area contributed by atoms with Gasteiger partial charge in [-0.2, -0.15) is 0 Å². The summed E-state index contributed by atoms with van der Waals surface area (Å²) >= 11 is 0. The van der Waals surface area contributed by atoms with Crippen molar-refractivity contribution in [3.05, 3.63) is 34.9 Å². The average molecular weight is 236 g/mol. The summed E-state index contributed by atoms with van der Waals surface area (Å²) in [6, 6.07) is 6.34. The first-order valence-electron chi connectivity index (χ1n) is 5.95. The van der Waals surface area contributed by atoms with E-state index in [4.69, 9.17) is 15.3 Å². The molecule has 0 radical (unpaired) electrons. The van der Waals surface area contributed by atoms with Crippen LogP contribution in [-0.2, 0) is 9.47 Å². The summed E-state index contributed by atoms with van der Waals surface area (Å²) in [5.74, 6) is 5.66. The Bertz CT molecular complexity index is 376. The summed E-state index contributed by atoms with van der Waals surface area (Å²) in [5, 5.41) is 0. The first kappa shape index (κ1) is 12.5. The molecule has 1 aliphatic rings. The molecule has 0 bridgehead atoms. The second-order valence-electron chi connectivity index (χ2n) is 4.49. The number of ether oxygens (including phenoxy) is 2. The predicted molar refractivity (Wildman–Crippen MR) is 66.5 cm³/mol. The van der Waals surface area contributed by atoms with Crippen molar-refractivity contribution in [3.63, 3.8) is 0 Å². The van der Waals surface area contributed by atoms with Gasteiger partial charge in [0, 0.05) is 0 Å². The molecule has 1 fully saturated rings. The molecular formula is C13H20N2O2. The number of nitrogens with one attached hydrogen (secondary N) is 1. The van der Waals surface area contributed by atoms with Crippen LogP contribution in [0, 0.1) is 13.8 Å². The van der Waals surface area contributed by atoms with Crippen LogP contribution in [0.15, 0.2) is 18.2 Å². The molecule has 1 aromatic carbocycles. The fourth-order valence-electron chi connectivity index (χ4n) is 2.27. The van der Waals surface area contributed by atoms with E-state index < -0.39 is 0 Å². The highest BCUT2D eigenvalue weighted by Gasteiger charge is 2.26. The van der Waals surface area contributed by atoms with Crippen LogP contribution in [0.5, 0.6) is 0 Å². The summed E-state index contributed by atoms with van der Waals surface area (Å²) in [5.41, 5.74) is 6.49. The van der Waals surface area contributed by atoms with Crippen LogP contribution >= 0.6 is 0 Å². The smallest absolute Gasteiger partial charge is 0.102 e. The number of aryl methyl sites for hydroxylation is 2. The average Bonchev–Trinajstić information content (AvgIpc) is 2.34. The van der Waals surface area contributed by atoms with Crippen LogP contribution in [0.1, 0.15) is 22.7 Å². The van der Waals surface area contributed by atoms with Crippen molar-refractivity contribution in [3.8, 4) is 0 Å². The van der Waals surface area contributed by atoms with Gasteiger partial charge in [0.05, 0.1) is 25.9 Å². The molecule has 1 aliphatic heterocycles. The highest BCUT2D eigenvalue weighted by atomic mass is 16.6. The van der Waals surface area contributed by atoms with Gasteiger partial charge in [-0.25, -0.2) is 0 Å². The summed E-state index contributed by atoms with van der Waals surface area (Å²) in [4.78, 5) is 0. The van der Waals surface area contributed by atoms with Crippen LogP contribution in [0.25, 0.3) is 0 Å². The highest BCUT2D eigenvalue weighted by Crippen LogP contribution is 2.24. The second-order valence-corrected chi connectivity index (χ2v) is 4.49. The van der Waals surface area contributed by atoms with Crippen LogP contribution in [0.4, 0.5) is 0 Å². The first-order chi connectivity index (χ1) is 8.22. The Hall–Kier alpha value is -0.940. The van der Waals surface area contributed by atoms with Gasteiger partial charge in [-0.05, 0) is 25.0 Å². The summed E-state index contributed by atoms with van der Waals surface area (Å²) in [7, 11) is 0. The molecule has 0 spiro atoms. The lowest BCUT2D eigenvalue weighted by atomic mass is 9.96. The number of nitrogens with two attached hydrogens (primary N) is 1. The van der Waals surface area contributed by atoms with Gasteiger partial charge in [0.1, 0.15) is 6.10 Å². The molecule has 17 heavy (non-hydrogen) atoms. The summed E-state index contributed by atoms with van der Waals surface area (Å²) in [6.07, 6.45) is -0.0184. The van der Waals surface area contributed by atoms with Crippen molar-refractivity contribution in [2.24, 2.45) is 5.84 Å². The maximum absolute atomic E-state index is 5.70. The lowest BCUT2D eigenvalue weighted by Crippen LogP contribution is -2.43. The van der Waals surface area contributed by atoms with Crippen molar-refractivity contribution in [2.75, 3.05) is 19.8 Å². The van der Waals surface area contributed by atoms with Gasteiger partial charge in [0.2, 0.25) is 0 Å². The van der Waals surface area contributed by atoms with Gasteiger partial charge in [-0.15, -0.1) is 0 Å². The monoisotopic (exact) mass is 236 g/mol. The Morgan fingerprint density at radius 1 is 1.35 bits per heavy atom. The molecule has 1 saturated heterocycles. The molecule has 1 aromatic rings. The van der Waals surface area contributed by atoms with Crippen LogP contribution in [-0.4, -0.2) is 25.9 Å². The third-order valence-corrected chi connectivity index (χ3v) is 3.15. The van der Waals surface area contributed by atoms with Gasteiger partial charge < -0.3 is 9.47 Å². The van der Waals surface area contributed by atoms with E-state index in [0.29, 0.717) is 19.8 Å². The predicted octanol–water partition coefficient (Wildman–Crippen LogP) is 1.22. The number of hydrogen-bond donors (Lipinski definition) is 2. The van der Waals surface area contributed by atoms with Gasteiger partial charge in [0.15, 0.2) is 0 Å². The van der Waals surface area contributed by atoms with Crippen molar-refractivity contribution < 1.29 is 9.47 Å². The van der Waals surface area contributed by atoms with Crippen LogP contribution in [0.2, 0.25) is 0 Å². The summed E-state index contributed by atoms with van der Waals surface area (Å²) < 4.78 is 11.1. The van der Waals surface area contributed by atoms with E-state index in [0.717, 1.165) is 0 Å². The SMILES string of the molecule is Cc1ccc(C(NN)C2COCCO2)c(C)c1. The number of benzene rings is 1. The van der Waals surface area contributed by atoms with E-state index in [9.17, 15) is 0 Å². The molecule has 2 unspecified atom stereocenters. The van der Waals surface area contributed by atoms with Crippen molar-refractivity contribution in [2.45, 2.75) is 26.0 Å². The topological polar surface area (TPSA) is 56.5 Å². The van der Waals surface area contributed by atoms with E-state index in [1.807, 2.05) is 0 Å². The lowest BCUT2D eigenvalue weighted by Gasteiger charge is -2.31. The Morgan fingerprint density at radius 3 is 2.76 bits per heavy atom. The van der Waals surface area contributed by atoms with E-state index in [1.165, 1.54) is 16.7 Å². The fraction of sp³-hybridized carbons (Fsp3) is 0.538. The third kappa shape index (κ3) is 2.84. The Morgan fingerprint density at radius 2 is 2.18 bits per heavy atom. The molecule has 3 N–H and O–H groups in total. The molecule has 2 atom stereocenters. The number of rotatable bonds is 3. The number of hydrogen-bond acceptors (Lipinski definition) is 4. The molecule has 94 valence electrons. The molecule has 0 saturated carbocycles. The largest absolute Gasteiger partial charge is 0.376 e. The van der Waals surface area contributed by atoms with Crippen molar-refractivity contribution in [1.29, 1.82) is 0 Å². The normalized spacial score (nSPS) is 22.4. The molecule has 4 heteroatoms. The minimum absolute atomic E-state index is 0.0177. The molecule has 0 aliphatic carbocycles. The van der Waals surface area contributed by atoms with Gasteiger partial charge in [-0.1, -0.05) is 23.8 Å². The Kier molecular flexibility index (Phi) is 4.12. The summed E-state index contributed by atoms with van der Waals surface area (Å²) in [6.45, 7) is 6.06. The fourth-order valence-corrected chi connectivity index (χ4v) is 2.27. The molecule has 1 heterocycles. The maximum Gasteiger partial charge on any atom is 0.102 e. The lowest BCUT2D eigenvalue weighted by molar-refractivity contribution is -0.102. The van der Waals surface area contributed by atoms with Crippen LogP contribution in [0.3, 0.4) is 0 Å². The minimum atomic E-state index is -0.0184.